The van der Waals surface area contributed by atoms with Crippen molar-refractivity contribution in [2.75, 3.05) is 0 Å². The maximum Gasteiger partial charge on any atom is 0.267 e. The standard InChI is InChI=1S/C17H14N4OS/c1-11(2)21-15(22)9-8-13(20-21)17-16(19-14(10-18)23-17)12-6-4-3-5-7-12/h3-9,11H,1-2H3. The Hall–Kier alpha value is -2.78. The quantitative estimate of drug-likeness (QED) is 0.740. The molecule has 2 aromatic heterocycles. The molecule has 0 bridgehead atoms. The van der Waals surface area contributed by atoms with E-state index in [1.165, 1.54) is 22.1 Å². The minimum atomic E-state index is -0.143. The lowest BCUT2D eigenvalue weighted by Crippen LogP contribution is -2.23. The first-order chi connectivity index (χ1) is 11.1. The Bertz CT molecular complexity index is 935. The average molecular weight is 322 g/mol. The van der Waals surface area contributed by atoms with Crippen molar-refractivity contribution in [3.63, 3.8) is 0 Å². The van der Waals surface area contributed by atoms with Gasteiger partial charge in [0.1, 0.15) is 11.8 Å². The second-order valence-corrected chi connectivity index (χ2v) is 6.27. The molecule has 0 aliphatic rings. The number of benzene rings is 1. The zero-order valence-corrected chi connectivity index (χ0v) is 13.5. The third-order valence-electron chi connectivity index (χ3n) is 3.32. The number of rotatable bonds is 3. The molecular weight excluding hydrogens is 308 g/mol. The van der Waals surface area contributed by atoms with Crippen molar-refractivity contribution in [1.82, 2.24) is 14.8 Å². The summed E-state index contributed by atoms with van der Waals surface area (Å²) in [6.07, 6.45) is 0. The van der Waals surface area contributed by atoms with E-state index in [1.807, 2.05) is 44.2 Å². The van der Waals surface area contributed by atoms with Crippen LogP contribution < -0.4 is 5.56 Å². The van der Waals surface area contributed by atoms with E-state index >= 15 is 0 Å². The van der Waals surface area contributed by atoms with Crippen molar-refractivity contribution < 1.29 is 0 Å². The summed E-state index contributed by atoms with van der Waals surface area (Å²) in [5.41, 5.74) is 2.14. The molecule has 0 saturated carbocycles. The van der Waals surface area contributed by atoms with Gasteiger partial charge in [-0.3, -0.25) is 4.79 Å². The largest absolute Gasteiger partial charge is 0.268 e. The van der Waals surface area contributed by atoms with Gasteiger partial charge in [-0.25, -0.2) is 9.67 Å². The fraction of sp³-hybridized carbons (Fsp3) is 0.176. The molecule has 0 aliphatic carbocycles. The van der Waals surface area contributed by atoms with Crippen LogP contribution in [0.5, 0.6) is 0 Å². The summed E-state index contributed by atoms with van der Waals surface area (Å²) in [6.45, 7) is 3.81. The fourth-order valence-electron chi connectivity index (χ4n) is 2.25. The third kappa shape index (κ3) is 2.91. The number of aromatic nitrogens is 3. The molecule has 0 N–H and O–H groups in total. The van der Waals surface area contributed by atoms with Gasteiger partial charge < -0.3 is 0 Å². The van der Waals surface area contributed by atoms with Gasteiger partial charge in [-0.15, -0.1) is 11.3 Å². The van der Waals surface area contributed by atoms with Crippen LogP contribution in [-0.2, 0) is 0 Å². The second kappa shape index (κ2) is 6.15. The summed E-state index contributed by atoms with van der Waals surface area (Å²) in [4.78, 5) is 17.1. The SMILES string of the molecule is CC(C)n1nc(-c2sc(C#N)nc2-c2ccccc2)ccc1=O. The average Bonchev–Trinajstić information content (AvgIpc) is 3.00. The van der Waals surface area contributed by atoms with Gasteiger partial charge in [-0.2, -0.15) is 10.4 Å². The lowest BCUT2D eigenvalue weighted by Gasteiger charge is -2.09. The predicted octanol–water partition coefficient (Wildman–Crippen LogP) is 3.49. The van der Waals surface area contributed by atoms with E-state index in [0.29, 0.717) is 16.4 Å². The van der Waals surface area contributed by atoms with E-state index in [-0.39, 0.29) is 11.6 Å². The number of nitrogens with zero attached hydrogens (tertiary/aromatic N) is 4. The highest BCUT2D eigenvalue weighted by Gasteiger charge is 2.17. The first kappa shape index (κ1) is 15.1. The predicted molar refractivity (Wildman–Crippen MR) is 90.1 cm³/mol. The van der Waals surface area contributed by atoms with Crippen LogP contribution in [0, 0.1) is 11.3 Å². The molecule has 3 aromatic rings. The van der Waals surface area contributed by atoms with E-state index in [4.69, 9.17) is 0 Å². The molecule has 0 aliphatic heterocycles. The lowest BCUT2D eigenvalue weighted by molar-refractivity contribution is 0.505. The van der Waals surface area contributed by atoms with E-state index in [9.17, 15) is 10.1 Å². The smallest absolute Gasteiger partial charge is 0.267 e. The van der Waals surface area contributed by atoms with Crippen molar-refractivity contribution in [3.8, 4) is 27.9 Å². The Balaban J connectivity index is 2.21. The summed E-state index contributed by atoms with van der Waals surface area (Å²) in [7, 11) is 0. The van der Waals surface area contributed by atoms with Crippen molar-refractivity contribution in [2.45, 2.75) is 19.9 Å². The normalized spacial score (nSPS) is 10.7. The van der Waals surface area contributed by atoms with Gasteiger partial charge in [0.05, 0.1) is 16.6 Å². The molecule has 114 valence electrons. The Morgan fingerprint density at radius 1 is 1.17 bits per heavy atom. The van der Waals surface area contributed by atoms with E-state index in [1.54, 1.807) is 6.07 Å². The maximum atomic E-state index is 11.9. The molecule has 0 spiro atoms. The molecule has 5 nitrogen and oxygen atoms in total. The molecule has 0 radical (unpaired) electrons. The first-order valence-electron chi connectivity index (χ1n) is 7.16. The second-order valence-electron chi connectivity index (χ2n) is 5.27. The van der Waals surface area contributed by atoms with Crippen LogP contribution in [0.3, 0.4) is 0 Å². The summed E-state index contributed by atoms with van der Waals surface area (Å²) >= 11 is 1.28. The zero-order chi connectivity index (χ0) is 16.4. The van der Waals surface area contributed by atoms with Gasteiger partial charge in [0, 0.05) is 11.6 Å². The highest BCUT2D eigenvalue weighted by molar-refractivity contribution is 7.16. The Morgan fingerprint density at radius 2 is 1.91 bits per heavy atom. The van der Waals surface area contributed by atoms with Crippen LogP contribution in [0.25, 0.3) is 21.8 Å². The Morgan fingerprint density at radius 3 is 2.57 bits per heavy atom. The molecule has 2 heterocycles. The van der Waals surface area contributed by atoms with Gasteiger partial charge in [-0.05, 0) is 19.9 Å². The summed E-state index contributed by atoms with van der Waals surface area (Å²) in [5.74, 6) is 0. The topological polar surface area (TPSA) is 71.6 Å². The monoisotopic (exact) mass is 322 g/mol. The Kier molecular flexibility index (Phi) is 4.04. The molecular formula is C17H14N4OS. The molecule has 3 rings (SSSR count). The molecule has 0 saturated heterocycles. The van der Waals surface area contributed by atoms with Crippen LogP contribution in [0.15, 0.2) is 47.3 Å². The molecule has 0 unspecified atom stereocenters. The molecule has 6 heteroatoms. The van der Waals surface area contributed by atoms with E-state index in [0.717, 1.165) is 10.4 Å². The van der Waals surface area contributed by atoms with Gasteiger partial charge in [0.15, 0.2) is 5.01 Å². The highest BCUT2D eigenvalue weighted by Crippen LogP contribution is 2.35. The van der Waals surface area contributed by atoms with Gasteiger partial charge in [0.2, 0.25) is 0 Å². The van der Waals surface area contributed by atoms with Crippen LogP contribution in [0.4, 0.5) is 0 Å². The summed E-state index contributed by atoms with van der Waals surface area (Å²) in [6, 6.07) is 14.9. The third-order valence-corrected chi connectivity index (χ3v) is 4.30. The van der Waals surface area contributed by atoms with Gasteiger partial charge in [-0.1, -0.05) is 30.3 Å². The van der Waals surface area contributed by atoms with Crippen LogP contribution in [0.2, 0.25) is 0 Å². The summed E-state index contributed by atoms with van der Waals surface area (Å²) < 4.78 is 1.44. The van der Waals surface area contributed by atoms with Crippen molar-refractivity contribution in [1.29, 1.82) is 5.26 Å². The van der Waals surface area contributed by atoms with E-state index in [2.05, 4.69) is 16.2 Å². The lowest BCUT2D eigenvalue weighted by atomic mass is 10.1. The van der Waals surface area contributed by atoms with Crippen molar-refractivity contribution in [3.05, 3.63) is 57.8 Å². The Labute approximate surface area is 137 Å². The van der Waals surface area contributed by atoms with Gasteiger partial charge >= 0.3 is 0 Å². The first-order valence-corrected chi connectivity index (χ1v) is 7.98. The van der Waals surface area contributed by atoms with Gasteiger partial charge in [0.25, 0.3) is 5.56 Å². The van der Waals surface area contributed by atoms with Crippen LogP contribution in [-0.4, -0.2) is 14.8 Å². The van der Waals surface area contributed by atoms with Crippen LogP contribution >= 0.6 is 11.3 Å². The number of thiazole rings is 1. The molecule has 23 heavy (non-hydrogen) atoms. The van der Waals surface area contributed by atoms with Crippen molar-refractivity contribution in [2.24, 2.45) is 0 Å². The molecule has 0 atom stereocenters. The molecule has 0 amide bonds. The zero-order valence-electron chi connectivity index (χ0n) is 12.7. The fourth-order valence-corrected chi connectivity index (χ4v) is 3.10. The van der Waals surface area contributed by atoms with E-state index < -0.39 is 0 Å². The molecule has 0 fully saturated rings. The summed E-state index contributed by atoms with van der Waals surface area (Å²) in [5, 5.41) is 14.0. The minimum Gasteiger partial charge on any atom is -0.268 e. The maximum absolute atomic E-state index is 11.9. The highest BCUT2D eigenvalue weighted by atomic mass is 32.1. The van der Waals surface area contributed by atoms with Crippen molar-refractivity contribution >= 4 is 11.3 Å². The number of hydrogen-bond donors (Lipinski definition) is 0. The minimum absolute atomic E-state index is 0.0361. The van der Waals surface area contributed by atoms with Crippen LogP contribution in [0.1, 0.15) is 24.9 Å². The number of nitriles is 1. The molecule has 1 aromatic carbocycles. The number of hydrogen-bond acceptors (Lipinski definition) is 5.